The molecule has 0 bridgehead atoms. The lowest BCUT2D eigenvalue weighted by Gasteiger charge is -2.12. The summed E-state index contributed by atoms with van der Waals surface area (Å²) in [5, 5.41) is 5.03. The van der Waals surface area contributed by atoms with Gasteiger partial charge in [-0.05, 0) is 61.1 Å². The summed E-state index contributed by atoms with van der Waals surface area (Å²) in [6.07, 6.45) is 0.366. The van der Waals surface area contributed by atoms with Crippen LogP contribution in [0.3, 0.4) is 0 Å². The van der Waals surface area contributed by atoms with Gasteiger partial charge < -0.3 is 10.1 Å². The van der Waals surface area contributed by atoms with Crippen LogP contribution in [0.25, 0.3) is 0 Å². The van der Waals surface area contributed by atoms with E-state index in [4.69, 9.17) is 17.0 Å². The number of anilines is 1. The molecule has 152 valence electrons. The summed E-state index contributed by atoms with van der Waals surface area (Å²) in [5.74, 6) is -0.456. The molecule has 9 heteroatoms. The monoisotopic (exact) mass is 414 g/mol. The van der Waals surface area contributed by atoms with Gasteiger partial charge in [0.15, 0.2) is 11.7 Å². The third-order valence-corrected chi connectivity index (χ3v) is 3.86. The van der Waals surface area contributed by atoms with Gasteiger partial charge in [0.25, 0.3) is 11.8 Å². The molecular weight excluding hydrogens is 392 g/mol. The Morgan fingerprint density at radius 3 is 2.38 bits per heavy atom. The van der Waals surface area contributed by atoms with Crippen molar-refractivity contribution in [1.29, 1.82) is 0 Å². The van der Waals surface area contributed by atoms with Gasteiger partial charge in [-0.15, -0.1) is 0 Å². The van der Waals surface area contributed by atoms with Gasteiger partial charge in [-0.1, -0.05) is 19.1 Å². The molecule has 29 heavy (non-hydrogen) atoms. The van der Waals surface area contributed by atoms with Crippen molar-refractivity contribution in [3.63, 3.8) is 0 Å². The molecule has 0 aliphatic heterocycles. The van der Waals surface area contributed by atoms with Crippen LogP contribution in [-0.4, -0.2) is 29.4 Å². The molecule has 2 rings (SSSR count). The predicted octanol–water partition coefficient (Wildman–Crippen LogP) is 2.06. The quantitative estimate of drug-likeness (QED) is 0.426. The zero-order valence-electron chi connectivity index (χ0n) is 16.1. The maximum atomic E-state index is 12.1. The normalized spacial score (nSPS) is 9.86. The van der Waals surface area contributed by atoms with Gasteiger partial charge in [0.05, 0.1) is 0 Å². The smallest absolute Gasteiger partial charge is 0.269 e. The molecule has 0 aliphatic rings. The Morgan fingerprint density at radius 1 is 1.00 bits per heavy atom. The van der Waals surface area contributed by atoms with E-state index in [1.807, 2.05) is 25.1 Å². The van der Waals surface area contributed by atoms with Crippen LogP contribution < -0.4 is 26.2 Å². The summed E-state index contributed by atoms with van der Waals surface area (Å²) in [7, 11) is 0. The van der Waals surface area contributed by atoms with Gasteiger partial charge in [0.2, 0.25) is 5.91 Å². The first-order valence-electron chi connectivity index (χ1n) is 8.87. The standard InChI is InChI=1S/C20H22N4O4S/c1-3-17(25)21-15-9-7-14(8-10-15)19(27)23-24-20(29)22-18(26)12-28-16-6-4-5-13(2)11-16/h4-11H,3,12H2,1-2H3,(H,21,25)(H,23,27)(H2,22,24,26,29). The van der Waals surface area contributed by atoms with E-state index in [1.165, 1.54) is 0 Å². The highest BCUT2D eigenvalue weighted by atomic mass is 32.1. The Balaban J connectivity index is 1.74. The molecule has 3 amide bonds. The van der Waals surface area contributed by atoms with E-state index < -0.39 is 11.8 Å². The molecule has 0 heterocycles. The van der Waals surface area contributed by atoms with Crippen molar-refractivity contribution in [3.8, 4) is 5.75 Å². The summed E-state index contributed by atoms with van der Waals surface area (Å²) >= 11 is 4.97. The molecular formula is C20H22N4O4S. The van der Waals surface area contributed by atoms with E-state index in [9.17, 15) is 14.4 Å². The van der Waals surface area contributed by atoms with Crippen molar-refractivity contribution < 1.29 is 19.1 Å². The van der Waals surface area contributed by atoms with Crippen molar-refractivity contribution in [2.75, 3.05) is 11.9 Å². The molecule has 2 aromatic carbocycles. The van der Waals surface area contributed by atoms with E-state index in [0.29, 0.717) is 23.4 Å². The number of carbonyl (C=O) groups is 3. The fourth-order valence-corrected chi connectivity index (χ4v) is 2.35. The second kappa shape index (κ2) is 10.8. The zero-order chi connectivity index (χ0) is 21.2. The summed E-state index contributed by atoms with van der Waals surface area (Å²) in [5.41, 5.74) is 6.80. The second-order valence-corrected chi connectivity index (χ2v) is 6.45. The minimum absolute atomic E-state index is 0.0666. The Morgan fingerprint density at radius 2 is 1.72 bits per heavy atom. The van der Waals surface area contributed by atoms with E-state index >= 15 is 0 Å². The first kappa shape index (κ1) is 21.8. The highest BCUT2D eigenvalue weighted by molar-refractivity contribution is 7.80. The highest BCUT2D eigenvalue weighted by Gasteiger charge is 2.09. The van der Waals surface area contributed by atoms with Crippen molar-refractivity contribution in [2.24, 2.45) is 0 Å². The number of ether oxygens (including phenoxy) is 1. The predicted molar refractivity (Wildman–Crippen MR) is 113 cm³/mol. The Hall–Kier alpha value is -3.46. The van der Waals surface area contributed by atoms with Crippen LogP contribution in [0.5, 0.6) is 5.75 Å². The molecule has 4 N–H and O–H groups in total. The third-order valence-electron chi connectivity index (χ3n) is 3.65. The van der Waals surface area contributed by atoms with Crippen LogP contribution in [0, 0.1) is 6.92 Å². The van der Waals surface area contributed by atoms with Crippen molar-refractivity contribution >= 4 is 40.7 Å². The van der Waals surface area contributed by atoms with Crippen LogP contribution in [0.4, 0.5) is 5.69 Å². The molecule has 0 atom stereocenters. The van der Waals surface area contributed by atoms with Crippen molar-refractivity contribution in [1.82, 2.24) is 16.2 Å². The van der Waals surface area contributed by atoms with Gasteiger partial charge in [0.1, 0.15) is 5.75 Å². The number of thiocarbonyl (C=S) groups is 1. The Kier molecular flexibility index (Phi) is 8.11. The van der Waals surface area contributed by atoms with Crippen LogP contribution >= 0.6 is 12.2 Å². The van der Waals surface area contributed by atoms with Crippen molar-refractivity contribution in [2.45, 2.75) is 20.3 Å². The lowest BCUT2D eigenvalue weighted by Crippen LogP contribution is -2.49. The number of hydrazine groups is 1. The molecule has 0 spiro atoms. The van der Waals surface area contributed by atoms with E-state index in [1.54, 1.807) is 37.3 Å². The SMILES string of the molecule is CCC(=O)Nc1ccc(C(=O)NNC(=S)NC(=O)COc2cccc(C)c2)cc1. The van der Waals surface area contributed by atoms with Gasteiger partial charge in [0, 0.05) is 17.7 Å². The van der Waals surface area contributed by atoms with Crippen LogP contribution in [-0.2, 0) is 9.59 Å². The van der Waals surface area contributed by atoms with Crippen LogP contribution in [0.1, 0.15) is 29.3 Å². The maximum absolute atomic E-state index is 12.1. The number of amides is 3. The average molecular weight is 414 g/mol. The lowest BCUT2D eigenvalue weighted by atomic mass is 10.2. The minimum atomic E-state index is -0.464. The lowest BCUT2D eigenvalue weighted by molar-refractivity contribution is -0.121. The maximum Gasteiger partial charge on any atom is 0.269 e. The van der Waals surface area contributed by atoms with Crippen LogP contribution in [0.15, 0.2) is 48.5 Å². The molecule has 0 aliphatic carbocycles. The Bertz CT molecular complexity index is 900. The third kappa shape index (κ3) is 7.59. The highest BCUT2D eigenvalue weighted by Crippen LogP contribution is 2.12. The summed E-state index contributed by atoms with van der Waals surface area (Å²) in [4.78, 5) is 35.3. The molecule has 0 unspecified atom stereocenters. The molecule has 0 radical (unpaired) electrons. The number of hydrogen-bond acceptors (Lipinski definition) is 5. The summed E-state index contributed by atoms with van der Waals surface area (Å²) < 4.78 is 5.37. The number of carbonyl (C=O) groups excluding carboxylic acids is 3. The summed E-state index contributed by atoms with van der Waals surface area (Å²) in [6.45, 7) is 3.45. The molecule has 2 aromatic rings. The molecule has 0 saturated heterocycles. The first-order valence-corrected chi connectivity index (χ1v) is 9.27. The first-order chi connectivity index (χ1) is 13.9. The van der Waals surface area contributed by atoms with Gasteiger partial charge in [-0.25, -0.2) is 0 Å². The minimum Gasteiger partial charge on any atom is -0.484 e. The number of rotatable bonds is 6. The fourth-order valence-electron chi connectivity index (χ4n) is 2.19. The van der Waals surface area contributed by atoms with Crippen molar-refractivity contribution in [3.05, 3.63) is 59.7 Å². The second-order valence-electron chi connectivity index (χ2n) is 6.04. The van der Waals surface area contributed by atoms with Gasteiger partial charge in [-0.2, -0.15) is 0 Å². The fraction of sp³-hybridized carbons (Fsp3) is 0.200. The number of benzene rings is 2. The molecule has 8 nitrogen and oxygen atoms in total. The number of aryl methyl sites for hydroxylation is 1. The average Bonchev–Trinajstić information content (AvgIpc) is 2.71. The van der Waals surface area contributed by atoms with E-state index in [2.05, 4.69) is 21.5 Å². The summed E-state index contributed by atoms with van der Waals surface area (Å²) in [6, 6.07) is 13.6. The molecule has 0 fully saturated rings. The number of nitrogens with one attached hydrogen (secondary N) is 4. The van der Waals surface area contributed by atoms with Crippen LogP contribution in [0.2, 0.25) is 0 Å². The Labute approximate surface area is 174 Å². The number of hydrogen-bond donors (Lipinski definition) is 4. The zero-order valence-corrected chi connectivity index (χ0v) is 16.9. The topological polar surface area (TPSA) is 109 Å². The largest absolute Gasteiger partial charge is 0.484 e. The van der Waals surface area contributed by atoms with E-state index in [-0.39, 0.29) is 17.6 Å². The van der Waals surface area contributed by atoms with E-state index in [0.717, 1.165) is 5.56 Å². The van der Waals surface area contributed by atoms with Gasteiger partial charge >= 0.3 is 0 Å². The van der Waals surface area contributed by atoms with Gasteiger partial charge in [-0.3, -0.25) is 30.6 Å². The molecule has 0 aromatic heterocycles. The molecule has 0 saturated carbocycles.